The van der Waals surface area contributed by atoms with Crippen molar-refractivity contribution in [2.24, 2.45) is 5.14 Å². The fourth-order valence-corrected chi connectivity index (χ4v) is 4.07. The van der Waals surface area contributed by atoms with Crippen molar-refractivity contribution in [1.29, 1.82) is 0 Å². The SMILES string of the molecule is NS(=O)(=O)c1ccc(Br)c(C(=O)Nc2ccc(CCN3CCCC3)cc2)c1. The van der Waals surface area contributed by atoms with E-state index in [2.05, 4.69) is 26.1 Å². The number of carbonyl (C=O) groups excluding carboxylic acids is 1. The van der Waals surface area contributed by atoms with E-state index in [1.165, 1.54) is 49.7 Å². The third kappa shape index (κ3) is 5.38. The molecule has 6 nitrogen and oxygen atoms in total. The van der Waals surface area contributed by atoms with Gasteiger partial charge in [-0.05, 0) is 84.2 Å². The molecular formula is C19H22BrN3O3S. The minimum atomic E-state index is -3.87. The maximum absolute atomic E-state index is 12.5. The molecule has 0 atom stereocenters. The van der Waals surface area contributed by atoms with E-state index in [0.717, 1.165) is 13.0 Å². The zero-order valence-corrected chi connectivity index (χ0v) is 17.2. The van der Waals surface area contributed by atoms with Crippen molar-refractivity contribution in [3.8, 4) is 0 Å². The molecule has 144 valence electrons. The Bertz CT molecular complexity index is 924. The molecule has 0 unspecified atom stereocenters. The second-order valence-corrected chi connectivity index (χ2v) is 9.05. The quantitative estimate of drug-likeness (QED) is 0.705. The lowest BCUT2D eigenvalue weighted by atomic mass is 10.1. The van der Waals surface area contributed by atoms with Crippen LogP contribution in [0.5, 0.6) is 0 Å². The summed E-state index contributed by atoms with van der Waals surface area (Å²) in [4.78, 5) is 14.9. The molecule has 2 aromatic rings. The lowest BCUT2D eigenvalue weighted by molar-refractivity contribution is 0.102. The Balaban J connectivity index is 1.65. The lowest BCUT2D eigenvalue weighted by Gasteiger charge is -2.14. The Morgan fingerprint density at radius 2 is 1.78 bits per heavy atom. The summed E-state index contributed by atoms with van der Waals surface area (Å²) in [5.74, 6) is -0.405. The molecule has 0 aliphatic carbocycles. The van der Waals surface area contributed by atoms with Gasteiger partial charge >= 0.3 is 0 Å². The van der Waals surface area contributed by atoms with Crippen LogP contribution in [0.1, 0.15) is 28.8 Å². The van der Waals surface area contributed by atoms with E-state index in [-0.39, 0.29) is 10.5 Å². The molecule has 1 fully saturated rings. The number of rotatable bonds is 6. The number of anilines is 1. The average Bonchev–Trinajstić information content (AvgIpc) is 3.14. The number of primary sulfonamides is 1. The van der Waals surface area contributed by atoms with Gasteiger partial charge in [0, 0.05) is 16.7 Å². The normalized spacial score (nSPS) is 15.0. The summed E-state index contributed by atoms with van der Waals surface area (Å²) in [6.07, 6.45) is 3.55. The fraction of sp³-hybridized carbons (Fsp3) is 0.316. The van der Waals surface area contributed by atoms with E-state index in [0.29, 0.717) is 10.2 Å². The van der Waals surface area contributed by atoms with Crippen molar-refractivity contribution >= 4 is 37.5 Å². The third-order valence-electron chi connectivity index (χ3n) is 4.64. The molecule has 8 heteroatoms. The number of halogens is 1. The predicted octanol–water partition coefficient (Wildman–Crippen LogP) is 2.99. The zero-order valence-electron chi connectivity index (χ0n) is 14.8. The summed E-state index contributed by atoms with van der Waals surface area (Å²) in [7, 11) is -3.87. The first-order chi connectivity index (χ1) is 12.8. The number of hydrogen-bond acceptors (Lipinski definition) is 4. The number of amides is 1. The second-order valence-electron chi connectivity index (χ2n) is 6.64. The number of hydrogen-bond donors (Lipinski definition) is 2. The van der Waals surface area contributed by atoms with Gasteiger partial charge in [-0.15, -0.1) is 0 Å². The summed E-state index contributed by atoms with van der Waals surface area (Å²) >= 11 is 3.27. The minimum absolute atomic E-state index is 0.104. The molecule has 1 amide bonds. The molecule has 27 heavy (non-hydrogen) atoms. The highest BCUT2D eigenvalue weighted by Gasteiger charge is 2.16. The van der Waals surface area contributed by atoms with Gasteiger partial charge in [-0.2, -0.15) is 0 Å². The Morgan fingerprint density at radius 3 is 2.41 bits per heavy atom. The van der Waals surface area contributed by atoms with Crippen LogP contribution in [-0.2, 0) is 16.4 Å². The Morgan fingerprint density at radius 1 is 1.11 bits per heavy atom. The van der Waals surface area contributed by atoms with Gasteiger partial charge in [-0.25, -0.2) is 13.6 Å². The van der Waals surface area contributed by atoms with Crippen molar-refractivity contribution < 1.29 is 13.2 Å². The van der Waals surface area contributed by atoms with Crippen molar-refractivity contribution in [2.75, 3.05) is 25.0 Å². The van der Waals surface area contributed by atoms with Gasteiger partial charge in [0.25, 0.3) is 5.91 Å². The predicted molar refractivity (Wildman–Crippen MR) is 109 cm³/mol. The highest BCUT2D eigenvalue weighted by molar-refractivity contribution is 9.10. The maximum Gasteiger partial charge on any atom is 0.256 e. The van der Waals surface area contributed by atoms with E-state index in [1.807, 2.05) is 24.3 Å². The van der Waals surface area contributed by atoms with Crippen LogP contribution < -0.4 is 10.5 Å². The molecule has 1 aliphatic rings. The molecule has 2 aromatic carbocycles. The summed E-state index contributed by atoms with van der Waals surface area (Å²) in [6, 6.07) is 11.8. The molecule has 0 spiro atoms. The molecule has 1 aliphatic heterocycles. The van der Waals surface area contributed by atoms with Crippen LogP contribution >= 0.6 is 15.9 Å². The van der Waals surface area contributed by atoms with E-state index in [4.69, 9.17) is 5.14 Å². The van der Waals surface area contributed by atoms with Gasteiger partial charge in [-0.3, -0.25) is 4.79 Å². The fourth-order valence-electron chi connectivity index (χ4n) is 3.10. The number of likely N-dealkylation sites (tertiary alicyclic amines) is 1. The number of benzene rings is 2. The first-order valence-corrected chi connectivity index (χ1v) is 11.1. The van der Waals surface area contributed by atoms with Crippen molar-refractivity contribution in [3.63, 3.8) is 0 Å². The Labute approximate surface area is 167 Å². The summed E-state index contributed by atoms with van der Waals surface area (Å²) in [6.45, 7) is 3.42. The summed E-state index contributed by atoms with van der Waals surface area (Å²) in [5, 5.41) is 7.93. The number of sulfonamides is 1. The lowest BCUT2D eigenvalue weighted by Crippen LogP contribution is -2.21. The van der Waals surface area contributed by atoms with E-state index < -0.39 is 15.9 Å². The molecular weight excluding hydrogens is 430 g/mol. The molecule has 1 heterocycles. The highest BCUT2D eigenvalue weighted by Crippen LogP contribution is 2.22. The maximum atomic E-state index is 12.5. The molecule has 0 radical (unpaired) electrons. The molecule has 0 saturated carbocycles. The van der Waals surface area contributed by atoms with Crippen LogP contribution in [-0.4, -0.2) is 38.9 Å². The van der Waals surface area contributed by atoms with Crippen LogP contribution in [0.3, 0.4) is 0 Å². The average molecular weight is 452 g/mol. The molecule has 1 saturated heterocycles. The van der Waals surface area contributed by atoms with Crippen LogP contribution in [0.25, 0.3) is 0 Å². The van der Waals surface area contributed by atoms with Gasteiger partial charge < -0.3 is 10.2 Å². The van der Waals surface area contributed by atoms with Crippen molar-refractivity contribution in [1.82, 2.24) is 4.90 Å². The molecule has 0 bridgehead atoms. The van der Waals surface area contributed by atoms with Crippen LogP contribution in [0.15, 0.2) is 51.8 Å². The second kappa shape index (κ2) is 8.52. The van der Waals surface area contributed by atoms with E-state index >= 15 is 0 Å². The number of nitrogens with zero attached hydrogens (tertiary/aromatic N) is 1. The third-order valence-corrected chi connectivity index (χ3v) is 6.24. The van der Waals surface area contributed by atoms with Crippen LogP contribution in [0.4, 0.5) is 5.69 Å². The standard InChI is InChI=1S/C19H22BrN3O3S/c20-18-8-7-16(27(21,25)26)13-17(18)19(24)22-15-5-3-14(4-6-15)9-12-23-10-1-2-11-23/h3-8,13H,1-2,9-12H2,(H,22,24)(H2,21,25,26). The first kappa shape index (κ1) is 20.0. The summed E-state index contributed by atoms with van der Waals surface area (Å²) < 4.78 is 23.5. The van der Waals surface area contributed by atoms with Crippen LogP contribution in [0, 0.1) is 0 Å². The largest absolute Gasteiger partial charge is 0.322 e. The minimum Gasteiger partial charge on any atom is -0.322 e. The van der Waals surface area contributed by atoms with Gasteiger partial charge in [0.05, 0.1) is 10.5 Å². The zero-order chi connectivity index (χ0) is 19.4. The van der Waals surface area contributed by atoms with Crippen LogP contribution in [0.2, 0.25) is 0 Å². The van der Waals surface area contributed by atoms with Gasteiger partial charge in [-0.1, -0.05) is 12.1 Å². The van der Waals surface area contributed by atoms with E-state index in [9.17, 15) is 13.2 Å². The van der Waals surface area contributed by atoms with Crippen molar-refractivity contribution in [3.05, 3.63) is 58.1 Å². The van der Waals surface area contributed by atoms with Gasteiger partial charge in [0.15, 0.2) is 0 Å². The Kier molecular flexibility index (Phi) is 6.31. The van der Waals surface area contributed by atoms with Crippen molar-refractivity contribution in [2.45, 2.75) is 24.2 Å². The van der Waals surface area contributed by atoms with Gasteiger partial charge in [0.1, 0.15) is 0 Å². The topological polar surface area (TPSA) is 92.5 Å². The first-order valence-electron chi connectivity index (χ1n) is 8.78. The summed E-state index contributed by atoms with van der Waals surface area (Å²) in [5.41, 5.74) is 2.08. The smallest absolute Gasteiger partial charge is 0.256 e. The molecule has 3 N–H and O–H groups in total. The number of carbonyl (C=O) groups is 1. The van der Waals surface area contributed by atoms with Gasteiger partial charge in [0.2, 0.25) is 10.0 Å². The monoisotopic (exact) mass is 451 g/mol. The Hall–Kier alpha value is -1.74. The highest BCUT2D eigenvalue weighted by atomic mass is 79.9. The molecule has 0 aromatic heterocycles. The molecule has 3 rings (SSSR count). The number of nitrogens with one attached hydrogen (secondary N) is 1. The van der Waals surface area contributed by atoms with E-state index in [1.54, 1.807) is 0 Å². The number of nitrogens with two attached hydrogens (primary N) is 1.